The monoisotopic (exact) mass is 392 g/mol. The minimum absolute atomic E-state index is 0.303. The molecule has 2 aliphatic rings. The number of hydrogen-bond donors (Lipinski definition) is 1. The number of unbranched alkanes of at least 4 members (excludes halogenated alkanes) is 1. The minimum Gasteiger partial charge on any atom is -0.481 e. The third kappa shape index (κ3) is 7.79. The fraction of sp³-hybridized carbons (Fsp3) is 0.591. The molecule has 0 fully saturated rings. The Morgan fingerprint density at radius 2 is 1.69 bits per heavy atom. The van der Waals surface area contributed by atoms with Crippen molar-refractivity contribution in [2.75, 3.05) is 17.3 Å². The van der Waals surface area contributed by atoms with Crippen LogP contribution in [-0.2, 0) is 4.79 Å². The lowest BCUT2D eigenvalue weighted by molar-refractivity contribution is -0.137. The average Bonchev–Trinajstić information content (AvgIpc) is 3.20. The van der Waals surface area contributed by atoms with E-state index in [1.165, 1.54) is 23.3 Å². The fourth-order valence-electron chi connectivity index (χ4n) is 3.18. The van der Waals surface area contributed by atoms with E-state index >= 15 is 0 Å². The largest absolute Gasteiger partial charge is 0.481 e. The number of allylic oxidation sites excluding steroid dienone is 6. The van der Waals surface area contributed by atoms with Crippen LogP contribution in [0.4, 0.5) is 0 Å². The Morgan fingerprint density at radius 1 is 1.04 bits per heavy atom. The van der Waals surface area contributed by atoms with Crippen LogP contribution in [0.5, 0.6) is 0 Å². The van der Waals surface area contributed by atoms with Crippen molar-refractivity contribution in [3.8, 4) is 0 Å². The van der Waals surface area contributed by atoms with Gasteiger partial charge in [-0.15, -0.1) is 0 Å². The van der Waals surface area contributed by atoms with Crippen LogP contribution in [0.2, 0.25) is 0 Å². The van der Waals surface area contributed by atoms with Gasteiger partial charge in [0.2, 0.25) is 0 Å². The molecule has 3 atom stereocenters. The first-order chi connectivity index (χ1) is 12.6. The molecule has 144 valence electrons. The molecule has 1 N–H and O–H groups in total. The van der Waals surface area contributed by atoms with Crippen LogP contribution in [0.15, 0.2) is 47.6 Å². The molecule has 0 aromatic heterocycles. The molecule has 0 spiro atoms. The number of rotatable bonds is 13. The second-order valence-corrected chi connectivity index (χ2v) is 9.64. The fourth-order valence-corrected chi connectivity index (χ4v) is 5.92. The number of carboxylic acid groups (broad SMARTS) is 1. The van der Waals surface area contributed by atoms with Crippen molar-refractivity contribution < 1.29 is 9.90 Å². The van der Waals surface area contributed by atoms with E-state index < -0.39 is 5.97 Å². The maximum absolute atomic E-state index is 10.7. The van der Waals surface area contributed by atoms with E-state index in [-0.39, 0.29) is 0 Å². The zero-order valence-corrected chi connectivity index (χ0v) is 17.7. The molecule has 0 bridgehead atoms. The van der Waals surface area contributed by atoms with E-state index in [1.54, 1.807) is 0 Å². The van der Waals surface area contributed by atoms with Gasteiger partial charge >= 0.3 is 5.97 Å². The summed E-state index contributed by atoms with van der Waals surface area (Å²) in [5.74, 6) is 3.94. The first-order valence-corrected chi connectivity index (χ1v) is 11.9. The lowest BCUT2D eigenvalue weighted by Crippen LogP contribution is -2.09. The summed E-state index contributed by atoms with van der Waals surface area (Å²) >= 11 is 4.11. The van der Waals surface area contributed by atoms with Crippen molar-refractivity contribution >= 4 is 29.5 Å². The molecule has 3 unspecified atom stereocenters. The molecule has 0 aromatic rings. The third-order valence-corrected chi connectivity index (χ3v) is 7.60. The highest BCUT2D eigenvalue weighted by atomic mass is 32.2. The van der Waals surface area contributed by atoms with Crippen LogP contribution < -0.4 is 0 Å². The van der Waals surface area contributed by atoms with Crippen LogP contribution in [0.25, 0.3) is 0 Å². The van der Waals surface area contributed by atoms with Gasteiger partial charge in [-0.1, -0.05) is 67.9 Å². The summed E-state index contributed by atoms with van der Waals surface area (Å²) < 4.78 is 0. The van der Waals surface area contributed by atoms with Crippen LogP contribution in [0.1, 0.15) is 46.0 Å². The van der Waals surface area contributed by atoms with Gasteiger partial charge in [0.25, 0.3) is 0 Å². The Bertz CT molecular complexity index is 575. The Morgan fingerprint density at radius 3 is 2.27 bits per heavy atom. The van der Waals surface area contributed by atoms with Crippen molar-refractivity contribution in [2.24, 2.45) is 11.8 Å². The highest BCUT2D eigenvalue weighted by Crippen LogP contribution is 2.30. The number of carboxylic acids is 1. The van der Waals surface area contributed by atoms with E-state index in [1.807, 2.05) is 11.8 Å². The van der Waals surface area contributed by atoms with Crippen LogP contribution in [0.3, 0.4) is 0 Å². The highest BCUT2D eigenvalue weighted by molar-refractivity contribution is 8.00. The molecule has 0 saturated heterocycles. The number of aliphatic carboxylic acids is 1. The molecule has 0 heterocycles. The predicted octanol–water partition coefficient (Wildman–Crippen LogP) is 6.12. The normalized spacial score (nSPS) is 22.5. The van der Waals surface area contributed by atoms with Gasteiger partial charge in [-0.05, 0) is 36.9 Å². The summed E-state index contributed by atoms with van der Waals surface area (Å²) in [5, 5.41) is 9.46. The first-order valence-electron chi connectivity index (χ1n) is 9.72. The summed E-state index contributed by atoms with van der Waals surface area (Å²) in [5.41, 5.74) is 3.06. The maximum Gasteiger partial charge on any atom is 0.303 e. The molecule has 2 aliphatic carbocycles. The van der Waals surface area contributed by atoms with Crippen molar-refractivity contribution in [1.29, 1.82) is 0 Å². The number of thioether (sulfide) groups is 2. The Hall–Kier alpha value is -0.870. The van der Waals surface area contributed by atoms with Crippen molar-refractivity contribution in [1.82, 2.24) is 0 Å². The lowest BCUT2D eigenvalue weighted by atomic mass is 10.1. The average molecular weight is 393 g/mol. The van der Waals surface area contributed by atoms with Crippen molar-refractivity contribution in [3.05, 3.63) is 47.6 Å². The van der Waals surface area contributed by atoms with Crippen LogP contribution in [-0.4, -0.2) is 33.6 Å². The van der Waals surface area contributed by atoms with Crippen molar-refractivity contribution in [3.63, 3.8) is 0 Å². The Kier molecular flexibility index (Phi) is 9.69. The molecule has 0 saturated carbocycles. The van der Waals surface area contributed by atoms with Gasteiger partial charge in [0, 0.05) is 23.2 Å². The summed E-state index contributed by atoms with van der Waals surface area (Å²) in [6, 6.07) is 0. The molecule has 0 aliphatic heterocycles. The molecule has 2 rings (SSSR count). The number of hydrogen-bond acceptors (Lipinski definition) is 3. The van der Waals surface area contributed by atoms with E-state index in [9.17, 15) is 4.79 Å². The Balaban J connectivity index is 1.69. The van der Waals surface area contributed by atoms with E-state index in [4.69, 9.17) is 5.11 Å². The van der Waals surface area contributed by atoms with Gasteiger partial charge in [-0.25, -0.2) is 0 Å². The zero-order chi connectivity index (χ0) is 18.8. The van der Waals surface area contributed by atoms with E-state index in [0.717, 1.165) is 30.8 Å². The number of carbonyl (C=O) groups is 1. The van der Waals surface area contributed by atoms with E-state index in [0.29, 0.717) is 23.5 Å². The van der Waals surface area contributed by atoms with Crippen LogP contribution in [0, 0.1) is 11.8 Å². The summed E-state index contributed by atoms with van der Waals surface area (Å²) in [6.07, 6.45) is 17.9. The standard InChI is InChI=1S/C22H32O2S2/c1-17-7-5-9-19(17)15-25-14-13-21(11-3-4-12-22(23)24)26-16-20-10-6-8-18(20)2/h5-10,17-18,21H,3-4,11-16H2,1-2H3,(H,23,24). The van der Waals surface area contributed by atoms with Gasteiger partial charge in [0.15, 0.2) is 0 Å². The SMILES string of the molecule is CC1C=CC=C1CSCCC(CCCCC(=O)O)SCC1=CC=CC1C. The molecular formula is C22H32O2S2. The molecule has 0 aromatic carbocycles. The van der Waals surface area contributed by atoms with E-state index in [2.05, 4.69) is 62.1 Å². The van der Waals surface area contributed by atoms with Crippen LogP contribution >= 0.6 is 23.5 Å². The lowest BCUT2D eigenvalue weighted by Gasteiger charge is -2.18. The topological polar surface area (TPSA) is 37.3 Å². The maximum atomic E-state index is 10.7. The van der Waals surface area contributed by atoms with Gasteiger partial charge in [-0.2, -0.15) is 23.5 Å². The second kappa shape index (κ2) is 11.8. The predicted molar refractivity (Wildman–Crippen MR) is 117 cm³/mol. The molecular weight excluding hydrogens is 360 g/mol. The van der Waals surface area contributed by atoms with Gasteiger partial charge < -0.3 is 5.11 Å². The van der Waals surface area contributed by atoms with Gasteiger partial charge in [-0.3, -0.25) is 4.79 Å². The third-order valence-electron chi connectivity index (χ3n) is 5.10. The van der Waals surface area contributed by atoms with Gasteiger partial charge in [0.1, 0.15) is 0 Å². The first kappa shape index (κ1) is 21.4. The second-order valence-electron chi connectivity index (χ2n) is 7.24. The zero-order valence-electron chi connectivity index (χ0n) is 16.0. The summed E-state index contributed by atoms with van der Waals surface area (Å²) in [6.45, 7) is 4.53. The summed E-state index contributed by atoms with van der Waals surface area (Å²) in [4.78, 5) is 10.7. The quantitative estimate of drug-likeness (QED) is 0.383. The van der Waals surface area contributed by atoms with Gasteiger partial charge in [0.05, 0.1) is 0 Å². The van der Waals surface area contributed by atoms with Crippen molar-refractivity contribution in [2.45, 2.75) is 51.2 Å². The highest BCUT2D eigenvalue weighted by Gasteiger charge is 2.15. The molecule has 2 nitrogen and oxygen atoms in total. The molecule has 0 amide bonds. The smallest absolute Gasteiger partial charge is 0.303 e. The minimum atomic E-state index is -0.673. The molecule has 0 radical (unpaired) electrons. The molecule has 4 heteroatoms. The Labute approximate surface area is 167 Å². The molecule has 26 heavy (non-hydrogen) atoms. The summed E-state index contributed by atoms with van der Waals surface area (Å²) in [7, 11) is 0.